The summed E-state index contributed by atoms with van der Waals surface area (Å²) in [5, 5.41) is 0. The highest BCUT2D eigenvalue weighted by Gasteiger charge is 2.23. The average Bonchev–Trinajstić information content (AvgIpc) is 2.47. The highest BCUT2D eigenvalue weighted by atomic mass is 16.5. The molecule has 0 spiro atoms. The molecule has 0 aromatic carbocycles. The second-order valence-corrected chi connectivity index (χ2v) is 5.11. The Kier molecular flexibility index (Phi) is 5.16. The third kappa shape index (κ3) is 3.45. The molecule has 1 aliphatic heterocycles. The number of nitrogens with two attached hydrogens (primary N) is 1. The number of hydrogen-bond acceptors (Lipinski definition) is 4. The minimum Gasteiger partial charge on any atom is -0.377 e. The monoisotopic (exact) mass is 263 g/mol. The van der Waals surface area contributed by atoms with Crippen molar-refractivity contribution < 1.29 is 4.74 Å². The van der Waals surface area contributed by atoms with Gasteiger partial charge in [-0.2, -0.15) is 0 Å². The van der Waals surface area contributed by atoms with Crippen molar-refractivity contribution in [2.75, 3.05) is 24.7 Å². The van der Waals surface area contributed by atoms with Gasteiger partial charge in [-0.25, -0.2) is 4.98 Å². The van der Waals surface area contributed by atoms with Gasteiger partial charge in [-0.15, -0.1) is 0 Å². The van der Waals surface area contributed by atoms with Crippen LogP contribution in [0.1, 0.15) is 37.9 Å². The van der Waals surface area contributed by atoms with E-state index in [1.54, 1.807) is 0 Å². The largest absolute Gasteiger partial charge is 0.377 e. The molecular weight excluding hydrogens is 238 g/mol. The van der Waals surface area contributed by atoms with Crippen LogP contribution in [0, 0.1) is 0 Å². The fourth-order valence-corrected chi connectivity index (χ4v) is 2.58. The minimum absolute atomic E-state index is 0.434. The summed E-state index contributed by atoms with van der Waals surface area (Å²) in [5.74, 6) is 1.07. The van der Waals surface area contributed by atoms with Crippen molar-refractivity contribution in [1.82, 2.24) is 4.98 Å². The van der Waals surface area contributed by atoms with Gasteiger partial charge in [0.25, 0.3) is 0 Å². The van der Waals surface area contributed by atoms with Gasteiger partial charge < -0.3 is 15.4 Å². The topological polar surface area (TPSA) is 51.4 Å². The third-order valence-corrected chi connectivity index (χ3v) is 3.66. The molecule has 0 aliphatic carbocycles. The van der Waals surface area contributed by atoms with Gasteiger partial charge in [-0.05, 0) is 30.5 Å². The van der Waals surface area contributed by atoms with Crippen molar-refractivity contribution in [2.45, 2.75) is 45.7 Å². The molecule has 0 saturated carbocycles. The van der Waals surface area contributed by atoms with Crippen LogP contribution in [0.4, 0.5) is 5.82 Å². The number of aryl methyl sites for hydroxylation is 1. The van der Waals surface area contributed by atoms with Crippen LogP contribution in [0.15, 0.2) is 12.1 Å². The molecule has 2 N–H and O–H groups in total. The standard InChI is InChI=1S/C15H25N3O/c1-3-5-13-8-12(10-16)9-15(17-13)18-6-7-19-11-14(18)4-2/h8-9,14H,3-7,10-11,16H2,1-2H3. The van der Waals surface area contributed by atoms with E-state index in [0.29, 0.717) is 12.6 Å². The molecule has 0 bridgehead atoms. The zero-order chi connectivity index (χ0) is 13.7. The molecule has 1 unspecified atom stereocenters. The van der Waals surface area contributed by atoms with Gasteiger partial charge >= 0.3 is 0 Å². The number of morpholine rings is 1. The van der Waals surface area contributed by atoms with Crippen molar-refractivity contribution in [1.29, 1.82) is 0 Å². The quantitative estimate of drug-likeness (QED) is 0.884. The van der Waals surface area contributed by atoms with Crippen LogP contribution in [0.3, 0.4) is 0 Å². The first kappa shape index (κ1) is 14.3. The number of pyridine rings is 1. The number of nitrogens with zero attached hydrogens (tertiary/aromatic N) is 2. The van der Waals surface area contributed by atoms with Gasteiger partial charge in [0.2, 0.25) is 0 Å². The molecule has 4 heteroatoms. The first-order chi connectivity index (χ1) is 9.28. The van der Waals surface area contributed by atoms with E-state index in [-0.39, 0.29) is 0 Å². The lowest BCUT2D eigenvalue weighted by Gasteiger charge is -2.36. The van der Waals surface area contributed by atoms with Crippen molar-refractivity contribution >= 4 is 5.82 Å². The molecule has 19 heavy (non-hydrogen) atoms. The van der Waals surface area contributed by atoms with E-state index in [9.17, 15) is 0 Å². The maximum atomic E-state index is 5.81. The number of anilines is 1. The van der Waals surface area contributed by atoms with Gasteiger partial charge in [0.1, 0.15) is 5.82 Å². The lowest BCUT2D eigenvalue weighted by Crippen LogP contribution is -2.45. The van der Waals surface area contributed by atoms with Crippen molar-refractivity contribution in [3.63, 3.8) is 0 Å². The van der Waals surface area contributed by atoms with Gasteiger partial charge in [-0.1, -0.05) is 20.3 Å². The Bertz CT molecular complexity index is 408. The molecule has 2 heterocycles. The third-order valence-electron chi connectivity index (χ3n) is 3.66. The molecule has 106 valence electrons. The van der Waals surface area contributed by atoms with E-state index >= 15 is 0 Å². The van der Waals surface area contributed by atoms with Crippen LogP contribution < -0.4 is 10.6 Å². The lowest BCUT2D eigenvalue weighted by molar-refractivity contribution is 0.0925. The smallest absolute Gasteiger partial charge is 0.129 e. The van der Waals surface area contributed by atoms with Crippen LogP contribution >= 0.6 is 0 Å². The fraction of sp³-hybridized carbons (Fsp3) is 0.667. The molecule has 1 aromatic rings. The summed E-state index contributed by atoms with van der Waals surface area (Å²) in [6, 6.07) is 4.70. The predicted octanol–water partition coefficient (Wildman–Crippen LogP) is 2.11. The van der Waals surface area contributed by atoms with E-state index in [1.807, 2.05) is 0 Å². The molecule has 1 aromatic heterocycles. The van der Waals surface area contributed by atoms with E-state index in [1.165, 1.54) is 5.56 Å². The average molecular weight is 263 g/mol. The van der Waals surface area contributed by atoms with Gasteiger partial charge in [-0.3, -0.25) is 0 Å². The zero-order valence-corrected chi connectivity index (χ0v) is 12.1. The Morgan fingerprint density at radius 1 is 1.42 bits per heavy atom. The number of aromatic nitrogens is 1. The molecule has 2 rings (SSSR count). The summed E-state index contributed by atoms with van der Waals surface area (Å²) in [6.45, 7) is 7.47. The zero-order valence-electron chi connectivity index (χ0n) is 12.1. The molecule has 1 fully saturated rings. The first-order valence-corrected chi connectivity index (χ1v) is 7.32. The summed E-state index contributed by atoms with van der Waals surface area (Å²) >= 11 is 0. The van der Waals surface area contributed by atoms with E-state index in [2.05, 4.69) is 30.9 Å². The SMILES string of the molecule is CCCc1cc(CN)cc(N2CCOCC2CC)n1. The van der Waals surface area contributed by atoms with Crippen LogP contribution in [0.5, 0.6) is 0 Å². The number of rotatable bonds is 5. The van der Waals surface area contributed by atoms with Gasteiger partial charge in [0.05, 0.1) is 19.3 Å². The van der Waals surface area contributed by atoms with E-state index in [0.717, 1.165) is 50.5 Å². The molecule has 4 nitrogen and oxygen atoms in total. The fourth-order valence-electron chi connectivity index (χ4n) is 2.58. The highest BCUT2D eigenvalue weighted by Crippen LogP contribution is 2.22. The number of ether oxygens (including phenoxy) is 1. The first-order valence-electron chi connectivity index (χ1n) is 7.32. The van der Waals surface area contributed by atoms with Crippen molar-refractivity contribution in [3.05, 3.63) is 23.4 Å². The molecule has 1 aliphatic rings. The molecule has 0 radical (unpaired) electrons. The Morgan fingerprint density at radius 3 is 2.95 bits per heavy atom. The minimum atomic E-state index is 0.434. The maximum Gasteiger partial charge on any atom is 0.129 e. The lowest BCUT2D eigenvalue weighted by atomic mass is 10.1. The summed E-state index contributed by atoms with van der Waals surface area (Å²) < 4.78 is 5.56. The van der Waals surface area contributed by atoms with Crippen LogP contribution in [0.2, 0.25) is 0 Å². The molecular formula is C15H25N3O. The van der Waals surface area contributed by atoms with Crippen LogP contribution in [-0.4, -0.2) is 30.8 Å². The molecule has 0 amide bonds. The van der Waals surface area contributed by atoms with Crippen molar-refractivity contribution in [3.8, 4) is 0 Å². The Labute approximate surface area is 116 Å². The van der Waals surface area contributed by atoms with Crippen molar-refractivity contribution in [2.24, 2.45) is 5.73 Å². The van der Waals surface area contributed by atoms with E-state index in [4.69, 9.17) is 15.5 Å². The van der Waals surface area contributed by atoms with E-state index < -0.39 is 0 Å². The molecule has 1 saturated heterocycles. The normalized spacial score (nSPS) is 19.7. The Morgan fingerprint density at radius 2 is 2.26 bits per heavy atom. The summed E-state index contributed by atoms with van der Waals surface area (Å²) in [7, 11) is 0. The maximum absolute atomic E-state index is 5.81. The van der Waals surface area contributed by atoms with Crippen LogP contribution in [-0.2, 0) is 17.7 Å². The second-order valence-electron chi connectivity index (χ2n) is 5.11. The molecule has 1 atom stereocenters. The van der Waals surface area contributed by atoms with Crippen LogP contribution in [0.25, 0.3) is 0 Å². The summed E-state index contributed by atoms with van der Waals surface area (Å²) in [6.07, 6.45) is 3.21. The highest BCUT2D eigenvalue weighted by molar-refractivity contribution is 5.44. The second kappa shape index (κ2) is 6.87. The number of hydrogen-bond donors (Lipinski definition) is 1. The Hall–Kier alpha value is -1.13. The van der Waals surface area contributed by atoms with Gasteiger partial charge in [0, 0.05) is 18.8 Å². The Balaban J connectivity index is 2.28. The van der Waals surface area contributed by atoms with Gasteiger partial charge in [0.15, 0.2) is 0 Å². The summed E-state index contributed by atoms with van der Waals surface area (Å²) in [5.41, 5.74) is 8.14. The summed E-state index contributed by atoms with van der Waals surface area (Å²) in [4.78, 5) is 7.18. The predicted molar refractivity (Wildman–Crippen MR) is 78.4 cm³/mol.